The first-order valence-corrected chi connectivity index (χ1v) is 7.84. The van der Waals surface area contributed by atoms with Crippen molar-refractivity contribution in [3.8, 4) is 11.5 Å². The molecule has 2 N–H and O–H groups in total. The van der Waals surface area contributed by atoms with Crippen LogP contribution in [0.15, 0.2) is 52.0 Å². The predicted octanol–water partition coefficient (Wildman–Crippen LogP) is 3.71. The molecule has 23 heavy (non-hydrogen) atoms. The summed E-state index contributed by atoms with van der Waals surface area (Å²) >= 11 is 3.31. The Hall–Kier alpha value is -2.34. The summed E-state index contributed by atoms with van der Waals surface area (Å²) < 4.78 is 6.17. The molecule has 0 radical (unpaired) electrons. The first-order valence-electron chi connectivity index (χ1n) is 7.05. The van der Waals surface area contributed by atoms with Gasteiger partial charge in [0.15, 0.2) is 0 Å². The Morgan fingerprint density at radius 3 is 2.70 bits per heavy atom. The third kappa shape index (κ3) is 4.82. The number of ether oxygens (including phenoxy) is 1. The van der Waals surface area contributed by atoms with E-state index in [4.69, 9.17) is 4.74 Å². The molecule has 0 aliphatic heterocycles. The maximum Gasteiger partial charge on any atom is 0.272 e. The van der Waals surface area contributed by atoms with Crippen molar-refractivity contribution < 1.29 is 14.6 Å². The number of amides is 1. The molecule has 0 saturated heterocycles. The third-order valence-corrected chi connectivity index (χ3v) is 3.55. The highest BCUT2D eigenvalue weighted by atomic mass is 79.9. The highest BCUT2D eigenvalue weighted by Crippen LogP contribution is 2.23. The largest absolute Gasteiger partial charge is 0.507 e. The molecule has 5 nitrogen and oxygen atoms in total. The van der Waals surface area contributed by atoms with Gasteiger partial charge in [-0.05, 0) is 54.0 Å². The summed E-state index contributed by atoms with van der Waals surface area (Å²) in [5.74, 6) is 0.266. The number of phenols is 1. The number of hydrogen-bond acceptors (Lipinski definition) is 4. The second-order valence-corrected chi connectivity index (χ2v) is 5.92. The Bertz CT molecular complexity index is 730. The standard InChI is InChI=1S/C17H17BrN2O3/c1-11(2)23-13-8-7-12(16(21)9-13)10-19-20-17(22)14-5-3-4-6-15(14)18/h3-11,21H,1-2H3,(H,20,22)/b19-10-. The summed E-state index contributed by atoms with van der Waals surface area (Å²) in [6, 6.07) is 12.0. The van der Waals surface area contributed by atoms with Gasteiger partial charge in [0.05, 0.1) is 17.9 Å². The Morgan fingerprint density at radius 1 is 1.30 bits per heavy atom. The summed E-state index contributed by atoms with van der Waals surface area (Å²) in [4.78, 5) is 12.0. The lowest BCUT2D eigenvalue weighted by molar-refractivity contribution is 0.0954. The van der Waals surface area contributed by atoms with E-state index in [0.717, 1.165) is 0 Å². The summed E-state index contributed by atoms with van der Waals surface area (Å²) in [7, 11) is 0. The minimum atomic E-state index is -0.340. The average Bonchev–Trinajstić information content (AvgIpc) is 2.49. The topological polar surface area (TPSA) is 70.9 Å². The third-order valence-electron chi connectivity index (χ3n) is 2.86. The Morgan fingerprint density at radius 2 is 2.04 bits per heavy atom. The normalized spacial score (nSPS) is 11.0. The number of carbonyl (C=O) groups is 1. The zero-order chi connectivity index (χ0) is 16.8. The number of hydrazone groups is 1. The van der Waals surface area contributed by atoms with Crippen molar-refractivity contribution in [2.75, 3.05) is 0 Å². The molecule has 0 bridgehead atoms. The monoisotopic (exact) mass is 376 g/mol. The average molecular weight is 377 g/mol. The van der Waals surface area contributed by atoms with E-state index in [-0.39, 0.29) is 17.8 Å². The molecule has 2 aromatic rings. The second kappa shape index (κ2) is 7.78. The predicted molar refractivity (Wildman–Crippen MR) is 93.1 cm³/mol. The molecule has 120 valence electrons. The highest BCUT2D eigenvalue weighted by Gasteiger charge is 2.08. The molecule has 0 fully saturated rings. The molecule has 2 aromatic carbocycles. The van der Waals surface area contributed by atoms with E-state index in [1.807, 2.05) is 19.9 Å². The quantitative estimate of drug-likeness (QED) is 0.617. The SMILES string of the molecule is CC(C)Oc1ccc(/C=N\NC(=O)c2ccccc2Br)c(O)c1. The van der Waals surface area contributed by atoms with E-state index in [9.17, 15) is 9.90 Å². The number of nitrogens with zero attached hydrogens (tertiary/aromatic N) is 1. The number of aromatic hydroxyl groups is 1. The van der Waals surface area contributed by atoms with Crippen LogP contribution >= 0.6 is 15.9 Å². The van der Waals surface area contributed by atoms with Crippen molar-refractivity contribution in [2.45, 2.75) is 20.0 Å². The van der Waals surface area contributed by atoms with Gasteiger partial charge in [0.2, 0.25) is 0 Å². The van der Waals surface area contributed by atoms with Gasteiger partial charge in [-0.1, -0.05) is 12.1 Å². The van der Waals surface area contributed by atoms with Gasteiger partial charge in [-0.25, -0.2) is 5.43 Å². The van der Waals surface area contributed by atoms with Crippen LogP contribution < -0.4 is 10.2 Å². The van der Waals surface area contributed by atoms with E-state index < -0.39 is 0 Å². The fourth-order valence-corrected chi connectivity index (χ4v) is 2.31. The molecular formula is C17H17BrN2O3. The van der Waals surface area contributed by atoms with E-state index in [0.29, 0.717) is 21.3 Å². The Balaban J connectivity index is 2.03. The fourth-order valence-electron chi connectivity index (χ4n) is 1.84. The molecule has 0 heterocycles. The van der Waals surface area contributed by atoms with Crippen LogP contribution in [0.2, 0.25) is 0 Å². The van der Waals surface area contributed by atoms with Crippen LogP contribution in [0.1, 0.15) is 29.8 Å². The molecule has 0 spiro atoms. The number of phenolic OH excluding ortho intramolecular Hbond substituents is 1. The van der Waals surface area contributed by atoms with Crippen molar-refractivity contribution in [2.24, 2.45) is 5.10 Å². The first-order chi connectivity index (χ1) is 11.0. The molecule has 1 amide bonds. The van der Waals surface area contributed by atoms with Crippen LogP contribution in [0.4, 0.5) is 0 Å². The van der Waals surface area contributed by atoms with E-state index in [1.165, 1.54) is 12.3 Å². The van der Waals surface area contributed by atoms with Crippen molar-refractivity contribution in [3.05, 3.63) is 58.1 Å². The minimum Gasteiger partial charge on any atom is -0.507 e. The summed E-state index contributed by atoms with van der Waals surface area (Å²) in [5, 5.41) is 13.8. The van der Waals surface area contributed by atoms with Gasteiger partial charge in [0.25, 0.3) is 5.91 Å². The zero-order valence-electron chi connectivity index (χ0n) is 12.8. The van der Waals surface area contributed by atoms with E-state index in [2.05, 4.69) is 26.5 Å². The van der Waals surface area contributed by atoms with Gasteiger partial charge in [0.1, 0.15) is 11.5 Å². The Labute approximate surface area is 143 Å². The lowest BCUT2D eigenvalue weighted by atomic mass is 10.2. The van der Waals surface area contributed by atoms with Crippen LogP contribution in [0.3, 0.4) is 0 Å². The van der Waals surface area contributed by atoms with Crippen LogP contribution in [-0.2, 0) is 0 Å². The zero-order valence-corrected chi connectivity index (χ0v) is 14.4. The number of hydrogen-bond donors (Lipinski definition) is 2. The first kappa shape index (κ1) is 17.0. The molecule has 0 aromatic heterocycles. The van der Waals surface area contributed by atoms with Crippen molar-refractivity contribution in [1.82, 2.24) is 5.43 Å². The Kier molecular flexibility index (Phi) is 5.76. The molecule has 0 unspecified atom stereocenters. The smallest absolute Gasteiger partial charge is 0.272 e. The van der Waals surface area contributed by atoms with Crippen LogP contribution in [0.5, 0.6) is 11.5 Å². The summed E-state index contributed by atoms with van der Waals surface area (Å²) in [5.41, 5.74) is 3.38. The van der Waals surface area contributed by atoms with Crippen molar-refractivity contribution in [3.63, 3.8) is 0 Å². The van der Waals surface area contributed by atoms with Gasteiger partial charge in [-0.15, -0.1) is 0 Å². The molecule has 0 saturated carbocycles. The van der Waals surface area contributed by atoms with E-state index >= 15 is 0 Å². The summed E-state index contributed by atoms with van der Waals surface area (Å²) in [6.45, 7) is 3.81. The van der Waals surface area contributed by atoms with Crippen molar-refractivity contribution >= 4 is 28.1 Å². The fraction of sp³-hybridized carbons (Fsp3) is 0.176. The highest BCUT2D eigenvalue weighted by molar-refractivity contribution is 9.10. The molecule has 0 aliphatic carbocycles. The van der Waals surface area contributed by atoms with Crippen LogP contribution in [-0.4, -0.2) is 23.3 Å². The van der Waals surface area contributed by atoms with Crippen LogP contribution in [0.25, 0.3) is 0 Å². The lowest BCUT2D eigenvalue weighted by Gasteiger charge is -2.10. The number of rotatable bonds is 5. The molecule has 0 atom stereocenters. The number of nitrogens with one attached hydrogen (secondary N) is 1. The molecule has 2 rings (SSSR count). The van der Waals surface area contributed by atoms with E-state index in [1.54, 1.807) is 30.3 Å². The minimum absolute atomic E-state index is 0.0255. The summed E-state index contributed by atoms with van der Waals surface area (Å²) in [6.07, 6.45) is 1.40. The molecule has 6 heteroatoms. The number of benzene rings is 2. The number of carbonyl (C=O) groups excluding carboxylic acids is 1. The van der Waals surface area contributed by atoms with Gasteiger partial charge in [-0.2, -0.15) is 5.10 Å². The number of halogens is 1. The van der Waals surface area contributed by atoms with Gasteiger partial charge in [0, 0.05) is 16.1 Å². The maximum absolute atomic E-state index is 12.0. The van der Waals surface area contributed by atoms with Crippen LogP contribution in [0, 0.1) is 0 Å². The second-order valence-electron chi connectivity index (χ2n) is 5.07. The van der Waals surface area contributed by atoms with Gasteiger partial charge in [-0.3, -0.25) is 4.79 Å². The molecule has 0 aliphatic rings. The van der Waals surface area contributed by atoms with Gasteiger partial charge >= 0.3 is 0 Å². The maximum atomic E-state index is 12.0. The van der Waals surface area contributed by atoms with Crippen molar-refractivity contribution in [1.29, 1.82) is 0 Å². The molecular weight excluding hydrogens is 360 g/mol. The lowest BCUT2D eigenvalue weighted by Crippen LogP contribution is -2.18. The van der Waals surface area contributed by atoms with Gasteiger partial charge < -0.3 is 9.84 Å².